The average Bonchev–Trinajstić information content (AvgIpc) is 2.46. The van der Waals surface area contributed by atoms with E-state index in [1.165, 1.54) is 19.3 Å². The van der Waals surface area contributed by atoms with Crippen LogP contribution in [0.5, 0.6) is 0 Å². The topological polar surface area (TPSA) is 86.8 Å². The third-order valence-electron chi connectivity index (χ3n) is 3.55. The molecule has 1 fully saturated rings. The highest BCUT2D eigenvalue weighted by atomic mass is 16.3. The van der Waals surface area contributed by atoms with Crippen molar-refractivity contribution in [3.63, 3.8) is 0 Å². The predicted molar refractivity (Wildman–Crippen MR) is 72.7 cm³/mol. The Morgan fingerprint density at radius 2 is 1.68 bits per heavy atom. The molecule has 0 bridgehead atoms. The molecule has 2 atom stereocenters. The van der Waals surface area contributed by atoms with Crippen molar-refractivity contribution in [2.24, 2.45) is 5.73 Å². The number of aliphatic hydroxyl groups is 2. The fraction of sp³-hybridized carbons (Fsp3) is 0.500. The number of hydrogen-bond acceptors (Lipinski definition) is 4. The van der Waals surface area contributed by atoms with Gasteiger partial charge in [0.25, 0.3) is 0 Å². The van der Waals surface area contributed by atoms with Crippen LogP contribution in [0.15, 0.2) is 24.3 Å². The van der Waals surface area contributed by atoms with Crippen LogP contribution in [0, 0.1) is 0 Å². The number of primary amides is 1. The van der Waals surface area contributed by atoms with Crippen molar-refractivity contribution in [2.75, 3.05) is 18.0 Å². The Kier molecular flexibility index (Phi) is 4.39. The molecule has 2 rings (SSSR count). The number of hydrogen-bond donors (Lipinski definition) is 3. The third kappa shape index (κ3) is 3.24. The Morgan fingerprint density at radius 1 is 1.11 bits per heavy atom. The van der Waals surface area contributed by atoms with E-state index in [9.17, 15) is 15.0 Å². The Morgan fingerprint density at radius 3 is 2.21 bits per heavy atom. The van der Waals surface area contributed by atoms with Gasteiger partial charge in [0, 0.05) is 18.8 Å². The second-order valence-electron chi connectivity index (χ2n) is 4.93. The van der Waals surface area contributed by atoms with Crippen molar-refractivity contribution in [1.82, 2.24) is 0 Å². The van der Waals surface area contributed by atoms with Crippen LogP contribution >= 0.6 is 0 Å². The molecule has 1 aromatic rings. The van der Waals surface area contributed by atoms with Crippen molar-refractivity contribution < 1.29 is 15.0 Å². The van der Waals surface area contributed by atoms with E-state index in [2.05, 4.69) is 4.90 Å². The summed E-state index contributed by atoms with van der Waals surface area (Å²) in [6.45, 7) is 2.09. The average molecular weight is 264 g/mol. The normalized spacial score (nSPS) is 18.9. The lowest BCUT2D eigenvalue weighted by molar-refractivity contribution is -0.131. The van der Waals surface area contributed by atoms with Crippen molar-refractivity contribution in [3.05, 3.63) is 29.8 Å². The van der Waals surface area contributed by atoms with Crippen LogP contribution in [0.4, 0.5) is 5.69 Å². The van der Waals surface area contributed by atoms with E-state index >= 15 is 0 Å². The highest BCUT2D eigenvalue weighted by Crippen LogP contribution is 2.23. The standard InChI is InChI=1S/C14H20N2O3/c15-14(19)13(18)12(17)10-4-6-11(7-5-10)16-8-2-1-3-9-16/h4-7,12-13,17-18H,1-3,8-9H2,(H2,15,19). The van der Waals surface area contributed by atoms with Gasteiger partial charge < -0.3 is 20.8 Å². The fourth-order valence-electron chi connectivity index (χ4n) is 2.37. The van der Waals surface area contributed by atoms with Gasteiger partial charge in [0.15, 0.2) is 6.10 Å². The predicted octanol–water partition coefficient (Wildman–Crippen LogP) is 0.556. The van der Waals surface area contributed by atoms with E-state index in [1.54, 1.807) is 12.1 Å². The van der Waals surface area contributed by atoms with Crippen LogP contribution in [0.25, 0.3) is 0 Å². The molecule has 0 radical (unpaired) electrons. The van der Waals surface area contributed by atoms with Crippen LogP contribution in [0.2, 0.25) is 0 Å². The minimum atomic E-state index is -1.57. The molecule has 4 N–H and O–H groups in total. The molecule has 5 heteroatoms. The maximum Gasteiger partial charge on any atom is 0.249 e. The Balaban J connectivity index is 2.07. The summed E-state index contributed by atoms with van der Waals surface area (Å²) in [6.07, 6.45) is 0.835. The van der Waals surface area contributed by atoms with Gasteiger partial charge >= 0.3 is 0 Å². The first-order valence-corrected chi connectivity index (χ1v) is 6.60. The van der Waals surface area contributed by atoms with Gasteiger partial charge in [-0.15, -0.1) is 0 Å². The summed E-state index contributed by atoms with van der Waals surface area (Å²) in [5.74, 6) is -0.924. The molecule has 1 aliphatic heterocycles. The molecule has 0 aliphatic carbocycles. The monoisotopic (exact) mass is 264 g/mol. The van der Waals surface area contributed by atoms with Crippen molar-refractivity contribution in [2.45, 2.75) is 31.5 Å². The van der Waals surface area contributed by atoms with E-state index in [0.717, 1.165) is 18.8 Å². The number of aliphatic hydroxyl groups excluding tert-OH is 2. The van der Waals surface area contributed by atoms with E-state index < -0.39 is 18.1 Å². The molecular weight excluding hydrogens is 244 g/mol. The van der Waals surface area contributed by atoms with Gasteiger partial charge in [0.05, 0.1) is 0 Å². The smallest absolute Gasteiger partial charge is 0.249 e. The molecular formula is C14H20N2O3. The van der Waals surface area contributed by atoms with Crippen LogP contribution in [-0.2, 0) is 4.79 Å². The SMILES string of the molecule is NC(=O)C(O)C(O)c1ccc(N2CCCCC2)cc1. The minimum Gasteiger partial charge on any atom is -0.385 e. The molecule has 0 saturated carbocycles. The summed E-state index contributed by atoms with van der Waals surface area (Å²) in [7, 11) is 0. The highest BCUT2D eigenvalue weighted by molar-refractivity contribution is 5.79. The first kappa shape index (κ1) is 13.8. The quantitative estimate of drug-likeness (QED) is 0.741. The zero-order valence-electron chi connectivity index (χ0n) is 10.8. The Hall–Kier alpha value is -1.59. The largest absolute Gasteiger partial charge is 0.385 e. The lowest BCUT2D eigenvalue weighted by Crippen LogP contribution is -2.34. The van der Waals surface area contributed by atoms with Gasteiger partial charge in [-0.3, -0.25) is 4.79 Å². The number of carbonyl (C=O) groups excluding carboxylic acids is 1. The lowest BCUT2D eigenvalue weighted by atomic mass is 10.0. The van der Waals surface area contributed by atoms with Gasteiger partial charge in [-0.25, -0.2) is 0 Å². The molecule has 1 aliphatic rings. The van der Waals surface area contributed by atoms with E-state index in [0.29, 0.717) is 5.56 Å². The van der Waals surface area contributed by atoms with Gasteiger partial charge in [0.1, 0.15) is 6.10 Å². The van der Waals surface area contributed by atoms with Crippen LogP contribution in [0.1, 0.15) is 30.9 Å². The molecule has 0 spiro atoms. The molecule has 104 valence electrons. The van der Waals surface area contributed by atoms with Crippen LogP contribution in [0.3, 0.4) is 0 Å². The second-order valence-corrected chi connectivity index (χ2v) is 4.93. The summed E-state index contributed by atoms with van der Waals surface area (Å²) >= 11 is 0. The molecule has 0 aromatic heterocycles. The molecule has 1 aromatic carbocycles. The van der Waals surface area contributed by atoms with E-state index in [4.69, 9.17) is 5.73 Å². The number of rotatable bonds is 4. The zero-order valence-corrected chi connectivity index (χ0v) is 10.8. The van der Waals surface area contributed by atoms with Gasteiger partial charge in [-0.1, -0.05) is 12.1 Å². The van der Waals surface area contributed by atoms with E-state index in [-0.39, 0.29) is 0 Å². The number of benzene rings is 1. The first-order chi connectivity index (χ1) is 9.09. The van der Waals surface area contributed by atoms with Crippen LogP contribution < -0.4 is 10.6 Å². The molecule has 5 nitrogen and oxygen atoms in total. The van der Waals surface area contributed by atoms with Crippen molar-refractivity contribution >= 4 is 11.6 Å². The molecule has 1 saturated heterocycles. The maximum atomic E-state index is 10.8. The number of carbonyl (C=O) groups is 1. The van der Waals surface area contributed by atoms with Gasteiger partial charge in [0.2, 0.25) is 5.91 Å². The summed E-state index contributed by atoms with van der Waals surface area (Å²) in [5.41, 5.74) is 6.56. The third-order valence-corrected chi connectivity index (χ3v) is 3.55. The molecule has 1 amide bonds. The van der Waals surface area contributed by atoms with E-state index in [1.807, 2.05) is 12.1 Å². The summed E-state index contributed by atoms with van der Waals surface area (Å²) in [6, 6.07) is 7.25. The highest BCUT2D eigenvalue weighted by Gasteiger charge is 2.23. The molecule has 19 heavy (non-hydrogen) atoms. The Bertz CT molecular complexity index is 427. The number of anilines is 1. The number of nitrogens with two attached hydrogens (primary N) is 1. The minimum absolute atomic E-state index is 0.493. The number of nitrogens with zero attached hydrogens (tertiary/aromatic N) is 1. The maximum absolute atomic E-state index is 10.8. The number of piperidine rings is 1. The van der Waals surface area contributed by atoms with Crippen molar-refractivity contribution in [1.29, 1.82) is 0 Å². The van der Waals surface area contributed by atoms with Crippen molar-refractivity contribution in [3.8, 4) is 0 Å². The van der Waals surface area contributed by atoms with Gasteiger partial charge in [-0.2, -0.15) is 0 Å². The zero-order chi connectivity index (χ0) is 13.8. The van der Waals surface area contributed by atoms with Crippen LogP contribution in [-0.4, -0.2) is 35.3 Å². The first-order valence-electron chi connectivity index (χ1n) is 6.60. The fourth-order valence-corrected chi connectivity index (χ4v) is 2.37. The van der Waals surface area contributed by atoms with Gasteiger partial charge in [-0.05, 0) is 37.0 Å². The lowest BCUT2D eigenvalue weighted by Gasteiger charge is -2.29. The summed E-state index contributed by atoms with van der Waals surface area (Å²) in [4.78, 5) is 13.1. The summed E-state index contributed by atoms with van der Waals surface area (Å²) < 4.78 is 0. The molecule has 1 heterocycles. The Labute approximate surface area is 112 Å². The number of amides is 1. The molecule has 2 unspecified atom stereocenters. The second kappa shape index (κ2) is 6.04. The summed E-state index contributed by atoms with van der Waals surface area (Å²) in [5, 5.41) is 19.2.